The van der Waals surface area contributed by atoms with Crippen molar-refractivity contribution in [2.24, 2.45) is 0 Å². The molecule has 1 fully saturated rings. The van der Waals surface area contributed by atoms with Crippen LogP contribution in [0.15, 0.2) is 11.3 Å². The number of allylic oxidation sites excluding steroid dienone is 1. The van der Waals surface area contributed by atoms with E-state index >= 15 is 0 Å². The van der Waals surface area contributed by atoms with Crippen LogP contribution in [0.2, 0.25) is 0 Å². The van der Waals surface area contributed by atoms with Gasteiger partial charge in [-0.1, -0.05) is 0 Å². The summed E-state index contributed by atoms with van der Waals surface area (Å²) >= 11 is 0. The van der Waals surface area contributed by atoms with E-state index in [1.54, 1.807) is 20.8 Å². The highest BCUT2D eigenvalue weighted by molar-refractivity contribution is 5.67. The fraction of sp³-hybridized carbons (Fsp3) is 0.727. The van der Waals surface area contributed by atoms with Crippen molar-refractivity contribution in [1.29, 1.82) is 0 Å². The Morgan fingerprint density at radius 2 is 2.07 bits per heavy atom. The van der Waals surface area contributed by atoms with E-state index in [-0.39, 0.29) is 12.3 Å². The number of carbonyl (C=O) groups is 1. The van der Waals surface area contributed by atoms with Gasteiger partial charge in [0.15, 0.2) is 0 Å². The summed E-state index contributed by atoms with van der Waals surface area (Å²) in [7, 11) is 0. The van der Waals surface area contributed by atoms with Gasteiger partial charge in [0, 0.05) is 0 Å². The van der Waals surface area contributed by atoms with Gasteiger partial charge in [-0.05, 0) is 45.6 Å². The summed E-state index contributed by atoms with van der Waals surface area (Å²) in [6.07, 6.45) is 2.53. The Bertz CT molecular complexity index is 270. The number of ether oxygens (including phenoxy) is 1. The molecule has 0 radical (unpaired) electrons. The fourth-order valence-corrected chi connectivity index (χ4v) is 1.24. The third-order valence-electron chi connectivity index (χ3n) is 2.16. The van der Waals surface area contributed by atoms with Crippen molar-refractivity contribution >= 4 is 6.09 Å². The lowest BCUT2D eigenvalue weighted by molar-refractivity contribution is 0.0526. The molecule has 2 N–H and O–H groups in total. The maximum Gasteiger partial charge on any atom is 0.408 e. The number of rotatable bonds is 2. The minimum absolute atomic E-state index is 0.171. The summed E-state index contributed by atoms with van der Waals surface area (Å²) in [5, 5.41) is 12.0. The van der Waals surface area contributed by atoms with Gasteiger partial charge in [0.05, 0.1) is 6.54 Å². The van der Waals surface area contributed by atoms with Crippen molar-refractivity contribution in [1.82, 2.24) is 5.32 Å². The second-order valence-corrected chi connectivity index (χ2v) is 4.76. The molecule has 1 aliphatic carbocycles. The number of amides is 1. The molecule has 0 spiro atoms. The fourth-order valence-electron chi connectivity index (χ4n) is 1.24. The average molecular weight is 213 g/mol. The molecule has 0 aromatic heterocycles. The van der Waals surface area contributed by atoms with E-state index in [9.17, 15) is 9.90 Å². The molecular formula is C11H19NO3. The van der Waals surface area contributed by atoms with Gasteiger partial charge in [0.2, 0.25) is 0 Å². The Hall–Kier alpha value is -1.19. The van der Waals surface area contributed by atoms with Gasteiger partial charge in [-0.3, -0.25) is 0 Å². The maximum atomic E-state index is 11.2. The van der Waals surface area contributed by atoms with E-state index in [1.807, 2.05) is 0 Å². The van der Waals surface area contributed by atoms with E-state index in [0.717, 1.165) is 24.8 Å². The van der Waals surface area contributed by atoms with Crippen LogP contribution in [0.1, 0.15) is 40.0 Å². The van der Waals surface area contributed by atoms with Crippen LogP contribution in [0.3, 0.4) is 0 Å². The van der Waals surface area contributed by atoms with Gasteiger partial charge >= 0.3 is 6.09 Å². The number of alkyl carbamates (subject to hydrolysis) is 1. The lowest BCUT2D eigenvalue weighted by atomic mass is 9.91. The predicted molar refractivity (Wildman–Crippen MR) is 57.7 cm³/mol. The van der Waals surface area contributed by atoms with Crippen LogP contribution in [0.4, 0.5) is 4.79 Å². The van der Waals surface area contributed by atoms with E-state index in [2.05, 4.69) is 5.32 Å². The van der Waals surface area contributed by atoms with Crippen molar-refractivity contribution in [3.8, 4) is 0 Å². The first-order chi connectivity index (χ1) is 6.88. The molecule has 0 saturated heterocycles. The molecule has 0 atom stereocenters. The van der Waals surface area contributed by atoms with Crippen molar-refractivity contribution in [3.63, 3.8) is 0 Å². The SMILES string of the molecule is CC(C)(C)OC(=O)NCC(O)=C1CCC1. The first kappa shape index (κ1) is 11.9. The molecule has 15 heavy (non-hydrogen) atoms. The number of hydrogen-bond donors (Lipinski definition) is 2. The third kappa shape index (κ3) is 4.23. The highest BCUT2D eigenvalue weighted by Gasteiger charge is 2.18. The summed E-state index contributed by atoms with van der Waals surface area (Å²) in [6, 6.07) is 0. The molecule has 0 aromatic carbocycles. The highest BCUT2D eigenvalue weighted by atomic mass is 16.6. The zero-order valence-electron chi connectivity index (χ0n) is 9.59. The smallest absolute Gasteiger partial charge is 0.408 e. The number of aliphatic hydroxyl groups is 1. The molecule has 86 valence electrons. The van der Waals surface area contributed by atoms with Gasteiger partial charge < -0.3 is 15.2 Å². The topological polar surface area (TPSA) is 58.6 Å². The Morgan fingerprint density at radius 1 is 1.47 bits per heavy atom. The Morgan fingerprint density at radius 3 is 2.47 bits per heavy atom. The average Bonchev–Trinajstić information content (AvgIpc) is 1.94. The van der Waals surface area contributed by atoms with Gasteiger partial charge in [-0.15, -0.1) is 0 Å². The van der Waals surface area contributed by atoms with Crippen LogP contribution in [-0.2, 0) is 4.74 Å². The summed E-state index contributed by atoms with van der Waals surface area (Å²) in [5.74, 6) is 0.284. The molecule has 0 aliphatic heterocycles. The predicted octanol–water partition coefficient (Wildman–Crippen LogP) is 2.51. The zero-order chi connectivity index (χ0) is 11.5. The van der Waals surface area contributed by atoms with Crippen LogP contribution in [0, 0.1) is 0 Å². The molecule has 0 heterocycles. The minimum Gasteiger partial charge on any atom is -0.510 e. The van der Waals surface area contributed by atoms with Crippen molar-refractivity contribution in [2.45, 2.75) is 45.6 Å². The molecule has 1 rings (SSSR count). The maximum absolute atomic E-state index is 11.2. The Labute approximate surface area is 90.3 Å². The standard InChI is InChI=1S/C11H19NO3/c1-11(2,3)15-10(14)12-7-9(13)8-5-4-6-8/h13H,4-7H2,1-3H3,(H,12,14). The van der Waals surface area contributed by atoms with Crippen molar-refractivity contribution < 1.29 is 14.6 Å². The first-order valence-corrected chi connectivity index (χ1v) is 5.25. The summed E-state index contributed by atoms with van der Waals surface area (Å²) in [4.78, 5) is 11.2. The third-order valence-corrected chi connectivity index (χ3v) is 2.16. The summed E-state index contributed by atoms with van der Waals surface area (Å²) in [6.45, 7) is 5.58. The monoisotopic (exact) mass is 213 g/mol. The van der Waals surface area contributed by atoms with Gasteiger partial charge in [0.1, 0.15) is 11.4 Å². The molecule has 1 aliphatic rings. The largest absolute Gasteiger partial charge is 0.510 e. The minimum atomic E-state index is -0.497. The molecule has 4 nitrogen and oxygen atoms in total. The second-order valence-electron chi connectivity index (χ2n) is 4.76. The lowest BCUT2D eigenvalue weighted by Crippen LogP contribution is -2.33. The van der Waals surface area contributed by atoms with Crippen LogP contribution >= 0.6 is 0 Å². The molecule has 1 amide bonds. The quantitative estimate of drug-likeness (QED) is 0.693. The highest BCUT2D eigenvalue weighted by Crippen LogP contribution is 2.27. The summed E-state index contributed by atoms with van der Waals surface area (Å²) < 4.78 is 5.04. The first-order valence-electron chi connectivity index (χ1n) is 5.25. The van der Waals surface area contributed by atoms with Crippen molar-refractivity contribution in [2.75, 3.05) is 6.54 Å². The molecular weight excluding hydrogens is 194 g/mol. The zero-order valence-corrected chi connectivity index (χ0v) is 9.59. The van der Waals surface area contributed by atoms with Crippen LogP contribution in [-0.4, -0.2) is 23.3 Å². The Balaban J connectivity index is 2.28. The van der Waals surface area contributed by atoms with Crippen LogP contribution < -0.4 is 5.32 Å². The van der Waals surface area contributed by atoms with E-state index in [1.165, 1.54) is 0 Å². The molecule has 0 bridgehead atoms. The van der Waals surface area contributed by atoms with E-state index in [4.69, 9.17) is 4.74 Å². The van der Waals surface area contributed by atoms with Gasteiger partial charge in [-0.2, -0.15) is 0 Å². The number of nitrogens with one attached hydrogen (secondary N) is 1. The molecule has 0 aromatic rings. The normalized spacial score (nSPS) is 15.5. The van der Waals surface area contributed by atoms with E-state index in [0.29, 0.717) is 0 Å². The van der Waals surface area contributed by atoms with Crippen molar-refractivity contribution in [3.05, 3.63) is 11.3 Å². The number of hydrogen-bond acceptors (Lipinski definition) is 3. The molecule has 4 heteroatoms. The second kappa shape index (κ2) is 4.55. The lowest BCUT2D eigenvalue weighted by Gasteiger charge is -2.21. The molecule has 0 unspecified atom stereocenters. The van der Waals surface area contributed by atoms with Crippen LogP contribution in [0.5, 0.6) is 0 Å². The number of carbonyl (C=O) groups excluding carboxylic acids is 1. The van der Waals surface area contributed by atoms with Crippen LogP contribution in [0.25, 0.3) is 0 Å². The Kier molecular flexibility index (Phi) is 3.61. The van der Waals surface area contributed by atoms with Gasteiger partial charge in [-0.25, -0.2) is 4.79 Å². The summed E-state index contributed by atoms with van der Waals surface area (Å²) in [5.41, 5.74) is 0.551. The van der Waals surface area contributed by atoms with Gasteiger partial charge in [0.25, 0.3) is 0 Å². The number of aliphatic hydroxyl groups excluding tert-OH is 1. The molecule has 1 saturated carbocycles. The van der Waals surface area contributed by atoms with E-state index < -0.39 is 11.7 Å².